The molecule has 3 atom stereocenters. The van der Waals surface area contributed by atoms with Crippen molar-refractivity contribution in [1.82, 2.24) is 5.32 Å². The molecule has 160 valence electrons. The average Bonchev–Trinajstić information content (AvgIpc) is 2.74. The topological polar surface area (TPSA) is 94.1 Å². The number of benzene rings is 2. The van der Waals surface area contributed by atoms with Gasteiger partial charge in [-0.05, 0) is 47.7 Å². The fraction of sp³-hybridized carbons (Fsp3) is 0.250. The van der Waals surface area contributed by atoms with Gasteiger partial charge < -0.3 is 24.6 Å². The molecule has 0 aromatic heterocycles. The molecule has 2 heterocycles. The van der Waals surface area contributed by atoms with Crippen molar-refractivity contribution in [3.05, 3.63) is 77.5 Å². The van der Waals surface area contributed by atoms with Crippen molar-refractivity contribution in [3.8, 4) is 17.2 Å². The lowest BCUT2D eigenvalue weighted by Gasteiger charge is -2.39. The summed E-state index contributed by atoms with van der Waals surface area (Å²) in [5, 5.41) is 14.4. The van der Waals surface area contributed by atoms with Gasteiger partial charge in [-0.2, -0.15) is 0 Å². The number of hydrogen-bond donors (Lipinski definition) is 2. The van der Waals surface area contributed by atoms with Crippen LogP contribution in [0.25, 0.3) is 0 Å². The zero-order valence-corrected chi connectivity index (χ0v) is 17.2. The van der Waals surface area contributed by atoms with E-state index in [0.717, 1.165) is 11.1 Å². The first-order chi connectivity index (χ1) is 14.9. The van der Waals surface area contributed by atoms with Crippen LogP contribution in [-0.2, 0) is 9.59 Å². The first-order valence-electron chi connectivity index (χ1n) is 9.98. The number of nitrogens with one attached hydrogen (secondary N) is 1. The van der Waals surface area contributed by atoms with Gasteiger partial charge in [-0.1, -0.05) is 18.2 Å². The highest BCUT2D eigenvalue weighted by Crippen LogP contribution is 2.47. The van der Waals surface area contributed by atoms with Crippen molar-refractivity contribution < 1.29 is 28.9 Å². The van der Waals surface area contributed by atoms with Crippen LogP contribution >= 0.6 is 0 Å². The van der Waals surface area contributed by atoms with Crippen molar-refractivity contribution in [2.24, 2.45) is 0 Å². The third-order valence-electron chi connectivity index (χ3n) is 5.19. The first kappa shape index (κ1) is 20.7. The second kappa shape index (κ2) is 8.65. The van der Waals surface area contributed by atoms with Gasteiger partial charge in [0.15, 0.2) is 0 Å². The molecule has 7 nitrogen and oxygen atoms in total. The van der Waals surface area contributed by atoms with Crippen LogP contribution in [0, 0.1) is 0 Å². The summed E-state index contributed by atoms with van der Waals surface area (Å²) in [4.78, 5) is 22.5. The van der Waals surface area contributed by atoms with Crippen LogP contribution in [0.4, 0.5) is 0 Å². The SMILES string of the molecule is CC(=O)Oc1ccc(C2C(C3=CCNC=C3)Oc3cc(OC(C)=O)ccc3C2O)cc1. The molecule has 0 spiro atoms. The van der Waals surface area contributed by atoms with E-state index in [1.165, 1.54) is 13.8 Å². The van der Waals surface area contributed by atoms with Crippen LogP contribution < -0.4 is 19.5 Å². The maximum atomic E-state index is 11.3. The lowest BCUT2D eigenvalue weighted by molar-refractivity contribution is -0.132. The molecule has 2 aliphatic heterocycles. The Balaban J connectivity index is 1.73. The number of dihydropyridines is 1. The standard InChI is InChI=1S/C24H23NO6/c1-14(26)29-18-5-3-16(4-6-18)22-23(28)20-8-7-19(30-15(2)27)13-21(20)31-24(22)17-9-11-25-12-10-17/h3-11,13,22-25,28H,12H2,1-2H3. The molecule has 0 bridgehead atoms. The number of aliphatic hydroxyl groups is 1. The summed E-state index contributed by atoms with van der Waals surface area (Å²) >= 11 is 0. The Bertz CT molecular complexity index is 1060. The summed E-state index contributed by atoms with van der Waals surface area (Å²) in [6.07, 6.45) is 4.45. The van der Waals surface area contributed by atoms with Crippen molar-refractivity contribution >= 4 is 11.9 Å². The predicted molar refractivity (Wildman–Crippen MR) is 113 cm³/mol. The third kappa shape index (κ3) is 4.46. The van der Waals surface area contributed by atoms with Crippen LogP contribution in [0.5, 0.6) is 17.2 Å². The Hall–Kier alpha value is -3.58. The molecule has 0 aliphatic carbocycles. The molecule has 0 radical (unpaired) electrons. The number of esters is 2. The molecule has 2 aliphatic rings. The molecule has 3 unspecified atom stereocenters. The molecule has 31 heavy (non-hydrogen) atoms. The highest BCUT2D eigenvalue weighted by atomic mass is 16.5. The summed E-state index contributed by atoms with van der Waals surface area (Å²) in [5.41, 5.74) is 2.38. The first-order valence-corrected chi connectivity index (χ1v) is 9.98. The Labute approximate surface area is 179 Å². The number of carbonyl (C=O) groups is 2. The number of carbonyl (C=O) groups excluding carboxylic acids is 2. The molecule has 0 saturated heterocycles. The fourth-order valence-corrected chi connectivity index (χ4v) is 3.90. The molecule has 0 saturated carbocycles. The van der Waals surface area contributed by atoms with Gasteiger partial charge >= 0.3 is 11.9 Å². The van der Waals surface area contributed by atoms with Crippen molar-refractivity contribution in [1.29, 1.82) is 0 Å². The number of rotatable bonds is 4. The van der Waals surface area contributed by atoms with E-state index in [2.05, 4.69) is 5.32 Å². The van der Waals surface area contributed by atoms with Crippen molar-refractivity contribution in [3.63, 3.8) is 0 Å². The predicted octanol–water partition coefficient (Wildman–Crippen LogP) is 3.16. The summed E-state index contributed by atoms with van der Waals surface area (Å²) in [7, 11) is 0. The molecule has 0 amide bonds. The number of hydrogen-bond acceptors (Lipinski definition) is 7. The Morgan fingerprint density at radius 2 is 1.71 bits per heavy atom. The summed E-state index contributed by atoms with van der Waals surface area (Å²) < 4.78 is 16.6. The van der Waals surface area contributed by atoms with Crippen molar-refractivity contribution in [2.75, 3.05) is 6.54 Å². The minimum Gasteiger partial charge on any atom is -0.484 e. The van der Waals surface area contributed by atoms with E-state index in [9.17, 15) is 14.7 Å². The largest absolute Gasteiger partial charge is 0.484 e. The molecule has 2 aromatic carbocycles. The van der Waals surface area contributed by atoms with Crippen LogP contribution in [0.3, 0.4) is 0 Å². The van der Waals surface area contributed by atoms with E-state index in [1.54, 1.807) is 30.3 Å². The number of ether oxygens (including phenoxy) is 3. The number of aliphatic hydroxyl groups excluding tert-OH is 1. The molecule has 2 aromatic rings. The summed E-state index contributed by atoms with van der Waals surface area (Å²) in [6.45, 7) is 3.33. The smallest absolute Gasteiger partial charge is 0.308 e. The average molecular weight is 421 g/mol. The second-order valence-corrected chi connectivity index (χ2v) is 7.41. The monoisotopic (exact) mass is 421 g/mol. The normalized spacial score (nSPS) is 21.8. The Morgan fingerprint density at radius 3 is 2.35 bits per heavy atom. The Kier molecular flexibility index (Phi) is 5.77. The van der Waals surface area contributed by atoms with E-state index in [4.69, 9.17) is 14.2 Å². The van der Waals surface area contributed by atoms with Gasteiger partial charge in [0.05, 0.1) is 12.0 Å². The van der Waals surface area contributed by atoms with Gasteiger partial charge in [-0.15, -0.1) is 0 Å². The van der Waals surface area contributed by atoms with Gasteiger partial charge in [-0.25, -0.2) is 0 Å². The Morgan fingerprint density at radius 1 is 1.03 bits per heavy atom. The van der Waals surface area contributed by atoms with Gasteiger partial charge in [-0.3, -0.25) is 9.59 Å². The fourth-order valence-electron chi connectivity index (χ4n) is 3.90. The highest BCUT2D eigenvalue weighted by molar-refractivity contribution is 5.70. The maximum absolute atomic E-state index is 11.3. The van der Waals surface area contributed by atoms with Gasteiger partial charge in [0.2, 0.25) is 0 Å². The van der Waals surface area contributed by atoms with E-state index in [1.807, 2.05) is 30.5 Å². The summed E-state index contributed by atoms with van der Waals surface area (Å²) in [6, 6.07) is 12.0. The van der Waals surface area contributed by atoms with Crippen LogP contribution in [-0.4, -0.2) is 29.7 Å². The van der Waals surface area contributed by atoms with Gasteiger partial charge in [0.25, 0.3) is 0 Å². The zero-order chi connectivity index (χ0) is 22.0. The lowest BCUT2D eigenvalue weighted by Crippen LogP contribution is -2.36. The minimum absolute atomic E-state index is 0.358. The van der Waals surface area contributed by atoms with Gasteiger partial charge in [0.1, 0.15) is 23.4 Å². The highest BCUT2D eigenvalue weighted by Gasteiger charge is 2.40. The van der Waals surface area contributed by atoms with Gasteiger partial charge in [0, 0.05) is 32.0 Å². The zero-order valence-electron chi connectivity index (χ0n) is 17.2. The van der Waals surface area contributed by atoms with E-state index in [0.29, 0.717) is 29.4 Å². The number of fused-ring (bicyclic) bond motifs is 1. The van der Waals surface area contributed by atoms with Crippen molar-refractivity contribution in [2.45, 2.75) is 32.0 Å². The molecular weight excluding hydrogens is 398 g/mol. The van der Waals surface area contributed by atoms with Crippen LogP contribution in [0.2, 0.25) is 0 Å². The lowest BCUT2D eigenvalue weighted by atomic mass is 9.79. The van der Waals surface area contributed by atoms with Crippen LogP contribution in [0.15, 0.2) is 66.4 Å². The molecular formula is C24H23NO6. The minimum atomic E-state index is -0.858. The van der Waals surface area contributed by atoms with E-state index >= 15 is 0 Å². The maximum Gasteiger partial charge on any atom is 0.308 e. The third-order valence-corrected chi connectivity index (χ3v) is 5.19. The van der Waals surface area contributed by atoms with E-state index < -0.39 is 30.1 Å². The molecule has 2 N–H and O–H groups in total. The quantitative estimate of drug-likeness (QED) is 0.579. The van der Waals surface area contributed by atoms with E-state index in [-0.39, 0.29) is 0 Å². The second-order valence-electron chi connectivity index (χ2n) is 7.41. The molecule has 4 rings (SSSR count). The molecule has 0 fully saturated rings. The summed E-state index contributed by atoms with van der Waals surface area (Å²) in [5.74, 6) is 0.0451. The molecule has 7 heteroatoms. The van der Waals surface area contributed by atoms with Crippen LogP contribution in [0.1, 0.15) is 37.0 Å².